The number of rotatable bonds is 4. The van der Waals surface area contributed by atoms with Gasteiger partial charge in [0.2, 0.25) is 0 Å². The summed E-state index contributed by atoms with van der Waals surface area (Å²) >= 11 is 1.66. The van der Waals surface area contributed by atoms with Crippen LogP contribution in [0.1, 0.15) is 34.3 Å². The minimum absolute atomic E-state index is 0.0448. The Labute approximate surface area is 126 Å². The lowest BCUT2D eigenvalue weighted by molar-refractivity contribution is 0.479. The van der Waals surface area contributed by atoms with E-state index < -0.39 is 0 Å². The van der Waals surface area contributed by atoms with E-state index in [4.69, 9.17) is 4.42 Å². The van der Waals surface area contributed by atoms with Gasteiger partial charge in [-0.1, -0.05) is 6.92 Å². The average molecular weight is 304 g/mol. The third kappa shape index (κ3) is 2.71. The maximum Gasteiger partial charge on any atom is 0.134 e. The zero-order valence-corrected chi connectivity index (χ0v) is 13.1. The number of fused-ring (bicyclic) bond motifs is 1. The molecule has 110 valence electrons. The van der Waals surface area contributed by atoms with Crippen LogP contribution in [0, 0.1) is 19.7 Å². The second kappa shape index (κ2) is 5.58. The van der Waals surface area contributed by atoms with Gasteiger partial charge in [0.15, 0.2) is 0 Å². The smallest absolute Gasteiger partial charge is 0.134 e. The number of nitrogens with one attached hydrogen (secondary N) is 1. The fourth-order valence-corrected chi connectivity index (χ4v) is 3.53. The number of thiazole rings is 1. The molecule has 2 heterocycles. The summed E-state index contributed by atoms with van der Waals surface area (Å²) in [6, 6.07) is 6.44. The van der Waals surface area contributed by atoms with E-state index in [1.165, 1.54) is 12.1 Å². The van der Waals surface area contributed by atoms with E-state index in [1.807, 2.05) is 19.9 Å². The van der Waals surface area contributed by atoms with E-state index >= 15 is 0 Å². The number of hydrogen-bond acceptors (Lipinski definition) is 4. The van der Waals surface area contributed by atoms with Crippen molar-refractivity contribution < 1.29 is 8.81 Å². The third-order valence-corrected chi connectivity index (χ3v) is 4.53. The zero-order chi connectivity index (χ0) is 15.0. The summed E-state index contributed by atoms with van der Waals surface area (Å²) in [6.07, 6.45) is 0. The van der Waals surface area contributed by atoms with E-state index in [9.17, 15) is 4.39 Å². The van der Waals surface area contributed by atoms with Gasteiger partial charge in [0, 0.05) is 5.39 Å². The maximum atomic E-state index is 13.3. The largest absolute Gasteiger partial charge is 0.459 e. The van der Waals surface area contributed by atoms with Crippen molar-refractivity contribution in [1.82, 2.24) is 10.3 Å². The first-order chi connectivity index (χ1) is 10.1. The van der Waals surface area contributed by atoms with Crippen molar-refractivity contribution in [3.05, 3.63) is 51.4 Å². The summed E-state index contributed by atoms with van der Waals surface area (Å²) in [7, 11) is 0. The third-order valence-electron chi connectivity index (χ3n) is 3.39. The topological polar surface area (TPSA) is 38.1 Å². The van der Waals surface area contributed by atoms with E-state index in [-0.39, 0.29) is 11.9 Å². The molecule has 1 N–H and O–H groups in total. The van der Waals surface area contributed by atoms with Gasteiger partial charge < -0.3 is 9.73 Å². The molecule has 5 heteroatoms. The molecule has 1 unspecified atom stereocenters. The molecule has 0 radical (unpaired) electrons. The van der Waals surface area contributed by atoms with Crippen molar-refractivity contribution in [1.29, 1.82) is 0 Å². The lowest BCUT2D eigenvalue weighted by atomic mass is 10.1. The van der Waals surface area contributed by atoms with Gasteiger partial charge in [-0.25, -0.2) is 9.37 Å². The SMILES string of the molecule is CCNC(c1cc2cc(F)ccc2o1)c1sc(C)nc1C. The van der Waals surface area contributed by atoms with Crippen LogP contribution in [-0.4, -0.2) is 11.5 Å². The van der Waals surface area contributed by atoms with Crippen LogP contribution in [0.15, 0.2) is 28.7 Å². The van der Waals surface area contributed by atoms with Crippen LogP contribution < -0.4 is 5.32 Å². The Balaban J connectivity index is 2.08. The fraction of sp³-hybridized carbons (Fsp3) is 0.312. The van der Waals surface area contributed by atoms with Gasteiger partial charge in [-0.3, -0.25) is 0 Å². The molecule has 0 saturated heterocycles. The number of hydrogen-bond donors (Lipinski definition) is 1. The normalized spacial score (nSPS) is 13.0. The Morgan fingerprint density at radius 1 is 1.33 bits per heavy atom. The summed E-state index contributed by atoms with van der Waals surface area (Å²) in [5, 5.41) is 5.25. The Kier molecular flexibility index (Phi) is 3.78. The van der Waals surface area contributed by atoms with Gasteiger partial charge in [0.25, 0.3) is 0 Å². The van der Waals surface area contributed by atoms with Crippen LogP contribution in [-0.2, 0) is 0 Å². The van der Waals surface area contributed by atoms with Crippen LogP contribution >= 0.6 is 11.3 Å². The lowest BCUT2D eigenvalue weighted by Crippen LogP contribution is -2.21. The summed E-state index contributed by atoms with van der Waals surface area (Å²) < 4.78 is 19.2. The van der Waals surface area contributed by atoms with Gasteiger partial charge in [0.1, 0.15) is 23.2 Å². The Morgan fingerprint density at radius 2 is 2.14 bits per heavy atom. The van der Waals surface area contributed by atoms with Crippen LogP contribution in [0.4, 0.5) is 4.39 Å². The Bertz CT molecular complexity index is 778. The molecule has 0 spiro atoms. The Morgan fingerprint density at radius 3 is 2.81 bits per heavy atom. The molecule has 21 heavy (non-hydrogen) atoms. The zero-order valence-electron chi connectivity index (χ0n) is 12.2. The average Bonchev–Trinajstić information content (AvgIpc) is 2.98. The first-order valence-corrected chi connectivity index (χ1v) is 7.76. The van der Waals surface area contributed by atoms with Gasteiger partial charge in [-0.05, 0) is 44.7 Å². The monoisotopic (exact) mass is 304 g/mol. The molecule has 0 amide bonds. The lowest BCUT2D eigenvalue weighted by Gasteiger charge is -2.14. The number of furan rings is 1. The summed E-state index contributed by atoms with van der Waals surface area (Å²) in [4.78, 5) is 5.63. The van der Waals surface area contributed by atoms with E-state index in [1.54, 1.807) is 17.4 Å². The molecule has 1 aromatic carbocycles. The molecule has 0 fully saturated rings. The molecule has 3 rings (SSSR count). The number of aryl methyl sites for hydroxylation is 2. The second-order valence-electron chi connectivity index (χ2n) is 5.00. The first kappa shape index (κ1) is 14.2. The summed E-state index contributed by atoms with van der Waals surface area (Å²) in [5.41, 5.74) is 1.71. The van der Waals surface area contributed by atoms with E-state index in [0.29, 0.717) is 5.58 Å². The highest BCUT2D eigenvalue weighted by atomic mass is 32.1. The summed E-state index contributed by atoms with van der Waals surface area (Å²) in [6.45, 7) is 6.87. The Hall–Kier alpha value is -1.72. The molecule has 0 saturated carbocycles. The first-order valence-electron chi connectivity index (χ1n) is 6.94. The van der Waals surface area contributed by atoms with Crippen LogP contribution in [0.2, 0.25) is 0 Å². The molecular formula is C16H17FN2OS. The molecule has 0 aliphatic carbocycles. The van der Waals surface area contributed by atoms with Gasteiger partial charge >= 0.3 is 0 Å². The highest BCUT2D eigenvalue weighted by Crippen LogP contribution is 2.33. The van der Waals surface area contributed by atoms with Crippen molar-refractivity contribution in [2.75, 3.05) is 6.54 Å². The molecular weight excluding hydrogens is 287 g/mol. The van der Waals surface area contributed by atoms with E-state index in [0.717, 1.165) is 33.3 Å². The quantitative estimate of drug-likeness (QED) is 0.779. The minimum atomic E-state index is -0.250. The number of benzene rings is 1. The standard InChI is InChI=1S/C16H17FN2OS/c1-4-18-15(16-9(2)19-10(3)21-16)14-8-11-7-12(17)5-6-13(11)20-14/h5-8,15,18H,4H2,1-3H3. The van der Waals surface area contributed by atoms with Crippen molar-refractivity contribution in [2.45, 2.75) is 26.8 Å². The number of halogens is 1. The molecule has 0 aliphatic heterocycles. The van der Waals surface area contributed by atoms with Gasteiger partial charge in [-0.15, -0.1) is 11.3 Å². The molecule has 3 nitrogen and oxygen atoms in total. The molecule has 2 aromatic heterocycles. The minimum Gasteiger partial charge on any atom is -0.459 e. The van der Waals surface area contributed by atoms with E-state index in [2.05, 4.69) is 17.2 Å². The molecule has 1 atom stereocenters. The number of nitrogens with zero attached hydrogens (tertiary/aromatic N) is 1. The van der Waals surface area contributed by atoms with Crippen molar-refractivity contribution in [3.63, 3.8) is 0 Å². The molecule has 3 aromatic rings. The molecule has 0 bridgehead atoms. The predicted molar refractivity (Wildman–Crippen MR) is 83.3 cm³/mol. The van der Waals surface area contributed by atoms with Gasteiger partial charge in [0.05, 0.1) is 15.6 Å². The van der Waals surface area contributed by atoms with Crippen LogP contribution in [0.25, 0.3) is 11.0 Å². The predicted octanol–water partition coefficient (Wildman–Crippen LogP) is 4.34. The van der Waals surface area contributed by atoms with Crippen LogP contribution in [0.3, 0.4) is 0 Å². The van der Waals surface area contributed by atoms with Gasteiger partial charge in [-0.2, -0.15) is 0 Å². The summed E-state index contributed by atoms with van der Waals surface area (Å²) in [5.74, 6) is 0.545. The van der Waals surface area contributed by atoms with Crippen molar-refractivity contribution in [3.8, 4) is 0 Å². The second-order valence-corrected chi connectivity index (χ2v) is 6.24. The highest BCUT2D eigenvalue weighted by Gasteiger charge is 2.22. The van der Waals surface area contributed by atoms with Crippen molar-refractivity contribution >= 4 is 22.3 Å². The fourth-order valence-electron chi connectivity index (χ4n) is 2.52. The maximum absolute atomic E-state index is 13.3. The van der Waals surface area contributed by atoms with Crippen molar-refractivity contribution in [2.24, 2.45) is 0 Å². The van der Waals surface area contributed by atoms with Crippen LogP contribution in [0.5, 0.6) is 0 Å². The highest BCUT2D eigenvalue weighted by molar-refractivity contribution is 7.11. The molecule has 0 aliphatic rings. The number of aromatic nitrogens is 1.